The minimum Gasteiger partial charge on any atom is -0.507 e. The highest BCUT2D eigenvalue weighted by Gasteiger charge is 2.27. The third kappa shape index (κ3) is 5.57. The van der Waals surface area contributed by atoms with Gasteiger partial charge in [-0.1, -0.05) is 47.6 Å². The van der Waals surface area contributed by atoms with Crippen molar-refractivity contribution in [1.29, 1.82) is 5.41 Å². The number of rotatable bonds is 5. The predicted octanol–water partition coefficient (Wildman–Crippen LogP) is 4.97. The van der Waals surface area contributed by atoms with Crippen molar-refractivity contribution >= 4 is 22.8 Å². The SMILES string of the molecule is Br.CC(C)(C)c1cc(C(=O)Cn2ccn(Cc3ccccn3)c2=N)cc(C(C)(C)C)c1O. The molecule has 0 unspecified atom stereocenters. The molecular formula is C25H33BrN4O2. The van der Waals surface area contributed by atoms with Crippen LogP contribution in [0.3, 0.4) is 0 Å². The van der Waals surface area contributed by atoms with Crippen LogP contribution >= 0.6 is 17.0 Å². The summed E-state index contributed by atoms with van der Waals surface area (Å²) >= 11 is 0. The number of benzene rings is 1. The average Bonchev–Trinajstić information content (AvgIpc) is 3.00. The number of nitrogens with one attached hydrogen (secondary N) is 1. The molecule has 0 fully saturated rings. The van der Waals surface area contributed by atoms with Gasteiger partial charge in [0.25, 0.3) is 0 Å². The molecule has 32 heavy (non-hydrogen) atoms. The molecule has 7 heteroatoms. The predicted molar refractivity (Wildman–Crippen MR) is 132 cm³/mol. The number of carbonyl (C=O) groups excluding carboxylic acids is 1. The Bertz CT molecular complexity index is 1110. The highest BCUT2D eigenvalue weighted by molar-refractivity contribution is 8.93. The van der Waals surface area contributed by atoms with Crippen molar-refractivity contribution in [3.63, 3.8) is 0 Å². The summed E-state index contributed by atoms with van der Waals surface area (Å²) in [6.07, 6.45) is 5.27. The summed E-state index contributed by atoms with van der Waals surface area (Å²) in [7, 11) is 0. The van der Waals surface area contributed by atoms with Crippen LogP contribution in [0.1, 0.15) is 68.7 Å². The van der Waals surface area contributed by atoms with Gasteiger partial charge < -0.3 is 14.2 Å². The van der Waals surface area contributed by atoms with Crippen molar-refractivity contribution < 1.29 is 9.90 Å². The zero-order chi connectivity index (χ0) is 23.0. The number of nitrogens with zero attached hydrogens (tertiary/aromatic N) is 3. The van der Waals surface area contributed by atoms with Gasteiger partial charge in [-0.15, -0.1) is 17.0 Å². The van der Waals surface area contributed by atoms with Gasteiger partial charge in [0.2, 0.25) is 5.62 Å². The molecule has 1 aromatic carbocycles. The number of pyridine rings is 1. The molecule has 0 aliphatic carbocycles. The van der Waals surface area contributed by atoms with Gasteiger partial charge in [0.1, 0.15) is 5.75 Å². The standard InChI is InChI=1S/C25H32N4O2.BrH/c1-24(2,3)19-13-17(14-20(22(19)31)25(4,5)6)21(30)16-29-12-11-28(23(29)26)15-18-9-7-8-10-27-18;/h7-14,26,31H,15-16H2,1-6H3;1H. The fourth-order valence-electron chi connectivity index (χ4n) is 3.57. The summed E-state index contributed by atoms with van der Waals surface area (Å²) in [5.74, 6) is 0.164. The number of ketones is 1. The Labute approximate surface area is 200 Å². The summed E-state index contributed by atoms with van der Waals surface area (Å²) in [5, 5.41) is 19.3. The number of carbonyl (C=O) groups is 1. The number of aromatic nitrogens is 3. The molecule has 2 aromatic heterocycles. The molecule has 0 saturated carbocycles. The number of Topliss-reactive ketones (excluding diaryl/α,β-unsaturated/α-hetero) is 1. The lowest BCUT2D eigenvalue weighted by Crippen LogP contribution is -2.28. The van der Waals surface area contributed by atoms with Gasteiger partial charge in [0.15, 0.2) is 5.78 Å². The van der Waals surface area contributed by atoms with Crippen molar-refractivity contribution in [3.05, 3.63) is 76.9 Å². The molecule has 0 bridgehead atoms. The molecule has 0 aliphatic rings. The van der Waals surface area contributed by atoms with E-state index in [4.69, 9.17) is 5.41 Å². The third-order valence-electron chi connectivity index (χ3n) is 5.39. The number of phenolic OH excluding ortho intramolecular Hbond substituents is 1. The van der Waals surface area contributed by atoms with Gasteiger partial charge in [-0.2, -0.15) is 0 Å². The quantitative estimate of drug-likeness (QED) is 0.484. The number of phenols is 1. The van der Waals surface area contributed by atoms with Gasteiger partial charge in [-0.25, -0.2) is 0 Å². The molecule has 3 rings (SSSR count). The maximum Gasteiger partial charge on any atom is 0.202 e. The van der Waals surface area contributed by atoms with Gasteiger partial charge >= 0.3 is 0 Å². The molecule has 3 aromatic rings. The normalized spacial score (nSPS) is 11.8. The Hall–Kier alpha value is -2.67. The Morgan fingerprint density at radius 1 is 1.00 bits per heavy atom. The van der Waals surface area contributed by atoms with Crippen molar-refractivity contribution in [1.82, 2.24) is 14.1 Å². The van der Waals surface area contributed by atoms with Crippen molar-refractivity contribution in [2.75, 3.05) is 0 Å². The van der Waals surface area contributed by atoms with E-state index in [-0.39, 0.29) is 51.5 Å². The minimum absolute atomic E-state index is 0. The molecule has 0 atom stereocenters. The number of aromatic hydroxyl groups is 1. The molecule has 6 nitrogen and oxygen atoms in total. The fourth-order valence-corrected chi connectivity index (χ4v) is 3.57. The van der Waals surface area contributed by atoms with E-state index in [0.29, 0.717) is 12.1 Å². The molecule has 0 spiro atoms. The van der Waals surface area contributed by atoms with Crippen LogP contribution in [0.15, 0.2) is 48.9 Å². The summed E-state index contributed by atoms with van der Waals surface area (Å²) in [6, 6.07) is 9.27. The summed E-state index contributed by atoms with van der Waals surface area (Å²) < 4.78 is 3.39. The van der Waals surface area contributed by atoms with Crippen LogP contribution in [0.5, 0.6) is 5.75 Å². The van der Waals surface area contributed by atoms with Crippen molar-refractivity contribution in [3.8, 4) is 5.75 Å². The molecule has 172 valence electrons. The van der Waals surface area contributed by atoms with E-state index in [1.54, 1.807) is 39.9 Å². The smallest absolute Gasteiger partial charge is 0.202 e. The van der Waals surface area contributed by atoms with E-state index in [1.807, 2.05) is 59.7 Å². The van der Waals surface area contributed by atoms with E-state index in [2.05, 4.69) is 4.98 Å². The Morgan fingerprint density at radius 3 is 2.06 bits per heavy atom. The van der Waals surface area contributed by atoms with Gasteiger partial charge in [0, 0.05) is 35.3 Å². The molecule has 0 saturated heterocycles. The second-order valence-electron chi connectivity index (χ2n) is 10.0. The number of imidazole rings is 1. The highest BCUT2D eigenvalue weighted by atomic mass is 79.9. The second kappa shape index (κ2) is 9.45. The maximum absolute atomic E-state index is 13.2. The van der Waals surface area contributed by atoms with E-state index in [1.165, 1.54) is 0 Å². The molecule has 0 amide bonds. The lowest BCUT2D eigenvalue weighted by Gasteiger charge is -2.28. The Kier molecular flexibility index (Phi) is 7.55. The zero-order valence-corrected chi connectivity index (χ0v) is 21.4. The monoisotopic (exact) mass is 500 g/mol. The maximum atomic E-state index is 13.2. The first-order valence-corrected chi connectivity index (χ1v) is 10.5. The fraction of sp³-hybridized carbons (Fsp3) is 0.400. The van der Waals surface area contributed by atoms with E-state index in [0.717, 1.165) is 16.8 Å². The lowest BCUT2D eigenvalue weighted by atomic mass is 9.78. The van der Waals surface area contributed by atoms with Crippen LogP contribution in [-0.2, 0) is 23.9 Å². The summed E-state index contributed by atoms with van der Waals surface area (Å²) in [6.45, 7) is 12.7. The summed E-state index contributed by atoms with van der Waals surface area (Å²) in [4.78, 5) is 17.5. The molecule has 0 radical (unpaired) electrons. The van der Waals surface area contributed by atoms with Gasteiger partial charge in [-0.3, -0.25) is 15.2 Å². The van der Waals surface area contributed by atoms with Crippen molar-refractivity contribution in [2.45, 2.75) is 65.5 Å². The first kappa shape index (κ1) is 25.6. The Balaban J connectivity index is 0.00000363. The van der Waals surface area contributed by atoms with Crippen LogP contribution in [0.4, 0.5) is 0 Å². The van der Waals surface area contributed by atoms with Gasteiger partial charge in [0.05, 0.1) is 18.8 Å². The first-order valence-electron chi connectivity index (χ1n) is 10.5. The van der Waals surface area contributed by atoms with Crippen LogP contribution in [-0.4, -0.2) is 25.0 Å². The molecular weight excluding hydrogens is 468 g/mol. The van der Waals surface area contributed by atoms with E-state index >= 15 is 0 Å². The molecule has 2 heterocycles. The minimum atomic E-state index is -0.305. The van der Waals surface area contributed by atoms with Crippen LogP contribution < -0.4 is 5.62 Å². The lowest BCUT2D eigenvalue weighted by molar-refractivity contribution is 0.0970. The summed E-state index contributed by atoms with van der Waals surface area (Å²) in [5.41, 5.74) is 2.55. The highest BCUT2D eigenvalue weighted by Crippen LogP contribution is 2.39. The number of halogens is 1. The topological polar surface area (TPSA) is 83.9 Å². The first-order chi connectivity index (χ1) is 14.4. The van der Waals surface area contributed by atoms with E-state index < -0.39 is 0 Å². The second-order valence-corrected chi connectivity index (χ2v) is 10.0. The largest absolute Gasteiger partial charge is 0.507 e. The van der Waals surface area contributed by atoms with Crippen LogP contribution in [0.25, 0.3) is 0 Å². The van der Waals surface area contributed by atoms with Crippen molar-refractivity contribution in [2.24, 2.45) is 0 Å². The number of hydrogen-bond donors (Lipinski definition) is 2. The van der Waals surface area contributed by atoms with Crippen LogP contribution in [0.2, 0.25) is 0 Å². The molecule has 0 aliphatic heterocycles. The average molecular weight is 501 g/mol. The van der Waals surface area contributed by atoms with Crippen LogP contribution in [0, 0.1) is 5.41 Å². The van der Waals surface area contributed by atoms with Gasteiger partial charge in [-0.05, 0) is 35.1 Å². The molecule has 2 N–H and O–H groups in total. The Morgan fingerprint density at radius 2 is 1.56 bits per heavy atom. The van der Waals surface area contributed by atoms with E-state index in [9.17, 15) is 9.90 Å². The number of hydrogen-bond acceptors (Lipinski definition) is 4. The zero-order valence-electron chi connectivity index (χ0n) is 19.6. The third-order valence-corrected chi connectivity index (χ3v) is 5.39.